The number of pyridine rings is 1. The number of carbonyl (C=O) groups is 1. The summed E-state index contributed by atoms with van der Waals surface area (Å²) in [7, 11) is 0. The maximum atomic E-state index is 11.8. The molecule has 2 aromatic rings. The van der Waals surface area contributed by atoms with Crippen LogP contribution in [0.5, 0.6) is 5.75 Å². The normalized spacial score (nSPS) is 9.95. The minimum atomic E-state index is -0.0810. The van der Waals surface area contributed by atoms with Crippen LogP contribution in [0, 0.1) is 0 Å². The molecule has 21 heavy (non-hydrogen) atoms. The van der Waals surface area contributed by atoms with E-state index in [1.165, 1.54) is 0 Å². The predicted molar refractivity (Wildman–Crippen MR) is 82.2 cm³/mol. The van der Waals surface area contributed by atoms with Crippen LogP contribution in [0.25, 0.3) is 0 Å². The van der Waals surface area contributed by atoms with Crippen molar-refractivity contribution in [3.05, 3.63) is 54.2 Å². The molecule has 1 heterocycles. The molecule has 0 saturated carbocycles. The molecule has 5 nitrogen and oxygen atoms in total. The molecule has 110 valence electrons. The standard InChI is InChI=1S/C16H19N3O2/c1-2-21-14-7-5-6-13(10-14)11-19-16(20)12-18-15-8-3-4-9-17-15/h3-10H,2,11-12H2,1H3,(H,17,18)(H,19,20). The third kappa shape index (κ3) is 5.14. The van der Waals surface area contributed by atoms with E-state index in [0.717, 1.165) is 11.3 Å². The Kier molecular flexibility index (Phi) is 5.58. The monoisotopic (exact) mass is 285 g/mol. The maximum Gasteiger partial charge on any atom is 0.239 e. The van der Waals surface area contributed by atoms with Crippen LogP contribution in [0.1, 0.15) is 12.5 Å². The molecule has 0 saturated heterocycles. The lowest BCUT2D eigenvalue weighted by Crippen LogP contribution is -2.29. The SMILES string of the molecule is CCOc1cccc(CNC(=O)CNc2ccccn2)c1. The zero-order valence-corrected chi connectivity index (χ0v) is 12.0. The second-order valence-electron chi connectivity index (χ2n) is 4.43. The molecule has 0 aliphatic carbocycles. The number of hydrogen-bond donors (Lipinski definition) is 2. The highest BCUT2D eigenvalue weighted by atomic mass is 16.5. The van der Waals surface area contributed by atoms with Crippen LogP contribution in [-0.2, 0) is 11.3 Å². The second kappa shape index (κ2) is 7.89. The Morgan fingerprint density at radius 1 is 1.24 bits per heavy atom. The van der Waals surface area contributed by atoms with Gasteiger partial charge in [0.1, 0.15) is 11.6 Å². The minimum absolute atomic E-state index is 0.0810. The number of aromatic nitrogens is 1. The zero-order valence-electron chi connectivity index (χ0n) is 12.0. The van der Waals surface area contributed by atoms with Gasteiger partial charge in [-0.05, 0) is 36.8 Å². The first-order valence-corrected chi connectivity index (χ1v) is 6.91. The van der Waals surface area contributed by atoms with Gasteiger partial charge in [0.25, 0.3) is 0 Å². The van der Waals surface area contributed by atoms with E-state index in [9.17, 15) is 4.79 Å². The molecule has 2 rings (SSSR count). The fraction of sp³-hybridized carbons (Fsp3) is 0.250. The van der Waals surface area contributed by atoms with Crippen LogP contribution in [-0.4, -0.2) is 24.0 Å². The van der Waals surface area contributed by atoms with E-state index in [0.29, 0.717) is 19.0 Å². The predicted octanol–water partition coefficient (Wildman–Crippen LogP) is 2.21. The fourth-order valence-electron chi connectivity index (χ4n) is 1.81. The van der Waals surface area contributed by atoms with Gasteiger partial charge in [-0.1, -0.05) is 18.2 Å². The highest BCUT2D eigenvalue weighted by Gasteiger charge is 2.02. The number of benzene rings is 1. The third-order valence-corrected chi connectivity index (χ3v) is 2.79. The van der Waals surface area contributed by atoms with Gasteiger partial charge in [0.15, 0.2) is 0 Å². The molecule has 0 fully saturated rings. The summed E-state index contributed by atoms with van der Waals surface area (Å²) >= 11 is 0. The van der Waals surface area contributed by atoms with Gasteiger partial charge in [0.2, 0.25) is 5.91 Å². The second-order valence-corrected chi connectivity index (χ2v) is 4.43. The molecular weight excluding hydrogens is 266 g/mol. The smallest absolute Gasteiger partial charge is 0.239 e. The third-order valence-electron chi connectivity index (χ3n) is 2.79. The number of hydrogen-bond acceptors (Lipinski definition) is 4. The van der Waals surface area contributed by atoms with E-state index in [2.05, 4.69) is 15.6 Å². The van der Waals surface area contributed by atoms with Crippen LogP contribution in [0.15, 0.2) is 48.7 Å². The summed E-state index contributed by atoms with van der Waals surface area (Å²) in [5.74, 6) is 1.42. The minimum Gasteiger partial charge on any atom is -0.494 e. The van der Waals surface area contributed by atoms with E-state index >= 15 is 0 Å². The van der Waals surface area contributed by atoms with Crippen molar-refractivity contribution in [2.45, 2.75) is 13.5 Å². The van der Waals surface area contributed by atoms with Crippen LogP contribution >= 0.6 is 0 Å². The Labute approximate surface area is 124 Å². The lowest BCUT2D eigenvalue weighted by molar-refractivity contribution is -0.119. The van der Waals surface area contributed by atoms with Crippen LogP contribution in [0.2, 0.25) is 0 Å². The van der Waals surface area contributed by atoms with Gasteiger partial charge in [-0.15, -0.1) is 0 Å². The van der Waals surface area contributed by atoms with Gasteiger partial charge in [-0.25, -0.2) is 4.98 Å². The molecule has 0 spiro atoms. The average molecular weight is 285 g/mol. The van der Waals surface area contributed by atoms with Crippen molar-refractivity contribution in [1.29, 1.82) is 0 Å². The number of nitrogens with zero attached hydrogens (tertiary/aromatic N) is 1. The van der Waals surface area contributed by atoms with Gasteiger partial charge < -0.3 is 15.4 Å². The Morgan fingerprint density at radius 2 is 2.14 bits per heavy atom. The first kappa shape index (κ1) is 14.8. The summed E-state index contributed by atoms with van der Waals surface area (Å²) in [5, 5.41) is 5.82. The Hall–Kier alpha value is -2.56. The summed E-state index contributed by atoms with van der Waals surface area (Å²) in [6.45, 7) is 3.24. The topological polar surface area (TPSA) is 63.2 Å². The molecule has 2 N–H and O–H groups in total. The quantitative estimate of drug-likeness (QED) is 0.818. The molecular formula is C16H19N3O2. The summed E-state index contributed by atoms with van der Waals surface area (Å²) in [5.41, 5.74) is 1.01. The number of ether oxygens (including phenoxy) is 1. The van der Waals surface area contributed by atoms with E-state index in [1.807, 2.05) is 49.4 Å². The molecule has 0 atom stereocenters. The fourth-order valence-corrected chi connectivity index (χ4v) is 1.81. The Balaban J connectivity index is 1.77. The Bertz CT molecular complexity index is 573. The van der Waals surface area contributed by atoms with Crippen molar-refractivity contribution < 1.29 is 9.53 Å². The summed E-state index contributed by atoms with van der Waals surface area (Å²) in [6.07, 6.45) is 1.68. The maximum absolute atomic E-state index is 11.8. The highest BCUT2D eigenvalue weighted by Crippen LogP contribution is 2.12. The Morgan fingerprint density at radius 3 is 2.90 bits per heavy atom. The lowest BCUT2D eigenvalue weighted by atomic mass is 10.2. The van der Waals surface area contributed by atoms with Crippen molar-refractivity contribution >= 4 is 11.7 Å². The molecule has 1 aromatic carbocycles. The first-order chi connectivity index (χ1) is 10.3. The van der Waals surface area contributed by atoms with E-state index in [1.54, 1.807) is 6.20 Å². The molecule has 5 heteroatoms. The molecule has 0 unspecified atom stereocenters. The summed E-state index contributed by atoms with van der Waals surface area (Å²) in [6, 6.07) is 13.2. The van der Waals surface area contributed by atoms with Gasteiger partial charge in [0.05, 0.1) is 13.2 Å². The van der Waals surface area contributed by atoms with E-state index in [-0.39, 0.29) is 12.5 Å². The van der Waals surface area contributed by atoms with Gasteiger partial charge >= 0.3 is 0 Å². The van der Waals surface area contributed by atoms with Gasteiger partial charge in [-0.2, -0.15) is 0 Å². The molecule has 1 amide bonds. The van der Waals surface area contributed by atoms with Crippen molar-refractivity contribution in [3.63, 3.8) is 0 Å². The van der Waals surface area contributed by atoms with E-state index in [4.69, 9.17) is 4.74 Å². The number of anilines is 1. The van der Waals surface area contributed by atoms with Crippen molar-refractivity contribution in [3.8, 4) is 5.75 Å². The van der Waals surface area contributed by atoms with Crippen molar-refractivity contribution in [2.75, 3.05) is 18.5 Å². The van der Waals surface area contributed by atoms with E-state index < -0.39 is 0 Å². The van der Waals surface area contributed by atoms with Crippen LogP contribution in [0.4, 0.5) is 5.82 Å². The molecule has 0 bridgehead atoms. The number of carbonyl (C=O) groups excluding carboxylic acids is 1. The molecule has 0 radical (unpaired) electrons. The number of amides is 1. The highest BCUT2D eigenvalue weighted by molar-refractivity contribution is 5.80. The first-order valence-electron chi connectivity index (χ1n) is 6.91. The molecule has 0 aliphatic heterocycles. The van der Waals surface area contributed by atoms with Gasteiger partial charge in [-0.3, -0.25) is 4.79 Å². The van der Waals surface area contributed by atoms with Crippen LogP contribution < -0.4 is 15.4 Å². The largest absolute Gasteiger partial charge is 0.494 e. The summed E-state index contributed by atoms with van der Waals surface area (Å²) in [4.78, 5) is 15.9. The average Bonchev–Trinajstić information content (AvgIpc) is 2.53. The zero-order chi connectivity index (χ0) is 14.9. The molecule has 1 aromatic heterocycles. The number of nitrogens with one attached hydrogen (secondary N) is 2. The van der Waals surface area contributed by atoms with Gasteiger partial charge in [0, 0.05) is 12.7 Å². The molecule has 0 aliphatic rings. The summed E-state index contributed by atoms with van der Waals surface area (Å²) < 4.78 is 5.43. The van der Waals surface area contributed by atoms with Crippen molar-refractivity contribution in [2.24, 2.45) is 0 Å². The van der Waals surface area contributed by atoms with Crippen LogP contribution in [0.3, 0.4) is 0 Å². The van der Waals surface area contributed by atoms with Crippen molar-refractivity contribution in [1.82, 2.24) is 10.3 Å². The lowest BCUT2D eigenvalue weighted by Gasteiger charge is -2.08. The number of rotatable bonds is 7.